The van der Waals surface area contributed by atoms with Crippen LogP contribution in [-0.2, 0) is 9.53 Å². The van der Waals surface area contributed by atoms with Crippen molar-refractivity contribution in [1.29, 1.82) is 0 Å². The van der Waals surface area contributed by atoms with Gasteiger partial charge in [-0.1, -0.05) is 6.07 Å². The van der Waals surface area contributed by atoms with Gasteiger partial charge in [-0.25, -0.2) is 4.79 Å². The topological polar surface area (TPSA) is 64.6 Å². The number of nitrogens with one attached hydrogen (secondary N) is 1. The summed E-state index contributed by atoms with van der Waals surface area (Å²) in [5.74, 6) is -0.150. The summed E-state index contributed by atoms with van der Waals surface area (Å²) in [5, 5.41) is 2.79. The van der Waals surface area contributed by atoms with E-state index in [9.17, 15) is 9.59 Å². The molecular weight excluding hydrogens is 409 g/mol. The average molecular weight is 425 g/mol. The lowest BCUT2D eigenvalue weighted by molar-refractivity contribution is -0.145. The third-order valence-corrected chi connectivity index (χ3v) is 3.58. The highest BCUT2D eigenvalue weighted by atomic mass is 127. The highest BCUT2D eigenvalue weighted by Crippen LogP contribution is 2.18. The van der Waals surface area contributed by atoms with Gasteiger partial charge >= 0.3 is 5.97 Å². The fourth-order valence-corrected chi connectivity index (χ4v) is 2.17. The number of benzene rings is 2. The van der Waals surface area contributed by atoms with Gasteiger partial charge < -0.3 is 14.8 Å². The molecule has 1 N–H and O–H groups in total. The largest absolute Gasteiger partial charge is 0.482 e. The minimum absolute atomic E-state index is 0.164. The van der Waals surface area contributed by atoms with Crippen molar-refractivity contribution in [2.24, 2.45) is 0 Å². The first kappa shape index (κ1) is 17.3. The van der Waals surface area contributed by atoms with Crippen LogP contribution in [0.3, 0.4) is 0 Å². The van der Waals surface area contributed by atoms with Crippen LogP contribution in [0.4, 0.5) is 5.69 Å². The molecule has 0 aliphatic carbocycles. The van der Waals surface area contributed by atoms with E-state index in [1.807, 2.05) is 12.1 Å². The third-order valence-electron chi connectivity index (χ3n) is 2.86. The molecule has 0 heterocycles. The van der Waals surface area contributed by atoms with Gasteiger partial charge in [-0.3, -0.25) is 4.79 Å². The second-order valence-electron chi connectivity index (χ2n) is 4.58. The van der Waals surface area contributed by atoms with E-state index in [4.69, 9.17) is 9.47 Å². The van der Waals surface area contributed by atoms with Crippen molar-refractivity contribution in [3.8, 4) is 5.75 Å². The van der Waals surface area contributed by atoms with E-state index < -0.39 is 5.97 Å². The van der Waals surface area contributed by atoms with Crippen molar-refractivity contribution in [3.63, 3.8) is 0 Å². The molecule has 0 spiro atoms. The second kappa shape index (κ2) is 8.52. The number of anilines is 1. The first-order valence-electron chi connectivity index (χ1n) is 7.04. The van der Waals surface area contributed by atoms with Crippen molar-refractivity contribution in [2.75, 3.05) is 18.5 Å². The van der Waals surface area contributed by atoms with Gasteiger partial charge in [0.25, 0.3) is 5.91 Å². The summed E-state index contributed by atoms with van der Waals surface area (Å²) < 4.78 is 11.2. The molecule has 2 aromatic rings. The zero-order chi connectivity index (χ0) is 16.7. The molecule has 0 aliphatic heterocycles. The molecule has 5 nitrogen and oxygen atoms in total. The Kier molecular flexibility index (Phi) is 6.40. The van der Waals surface area contributed by atoms with E-state index in [1.165, 1.54) is 0 Å². The van der Waals surface area contributed by atoms with Crippen molar-refractivity contribution in [3.05, 3.63) is 57.7 Å². The molecule has 0 saturated heterocycles. The standard InChI is InChI=1S/C17H16INO4/c1-2-22-16(20)11-23-15-5-3-4-14(10-15)19-17(21)12-6-8-13(18)9-7-12/h3-10H,2,11H2,1H3,(H,19,21). The lowest BCUT2D eigenvalue weighted by atomic mass is 10.2. The molecular formula is C17H16INO4. The SMILES string of the molecule is CCOC(=O)COc1cccc(NC(=O)c2ccc(I)cc2)c1. The summed E-state index contributed by atoms with van der Waals surface area (Å²) in [6.45, 7) is 1.88. The predicted molar refractivity (Wildman–Crippen MR) is 95.7 cm³/mol. The number of ether oxygens (including phenoxy) is 2. The minimum atomic E-state index is -0.430. The minimum Gasteiger partial charge on any atom is -0.482 e. The lowest BCUT2D eigenvalue weighted by Gasteiger charge is -2.09. The van der Waals surface area contributed by atoms with Gasteiger partial charge in [-0.2, -0.15) is 0 Å². The molecule has 0 saturated carbocycles. The van der Waals surface area contributed by atoms with Crippen LogP contribution in [0.25, 0.3) is 0 Å². The number of hydrogen-bond donors (Lipinski definition) is 1. The first-order chi connectivity index (χ1) is 11.1. The monoisotopic (exact) mass is 425 g/mol. The Bertz CT molecular complexity index is 685. The Morgan fingerprint density at radius 1 is 1.13 bits per heavy atom. The number of amides is 1. The van der Waals surface area contributed by atoms with Crippen molar-refractivity contribution < 1.29 is 19.1 Å². The molecule has 0 radical (unpaired) electrons. The summed E-state index contributed by atoms with van der Waals surface area (Å²) in [6, 6.07) is 14.1. The van der Waals surface area contributed by atoms with Crippen LogP contribution in [0.5, 0.6) is 5.75 Å². The molecule has 0 atom stereocenters. The molecule has 120 valence electrons. The van der Waals surface area contributed by atoms with Crippen LogP contribution in [0.2, 0.25) is 0 Å². The van der Waals surface area contributed by atoms with E-state index in [0.29, 0.717) is 23.6 Å². The maximum absolute atomic E-state index is 12.2. The summed E-state index contributed by atoms with van der Waals surface area (Å²) in [6.07, 6.45) is 0. The molecule has 6 heteroatoms. The Morgan fingerprint density at radius 3 is 2.57 bits per heavy atom. The molecule has 0 fully saturated rings. The Hall–Kier alpha value is -2.09. The van der Waals surface area contributed by atoms with Crippen LogP contribution in [0.15, 0.2) is 48.5 Å². The van der Waals surface area contributed by atoms with Crippen molar-refractivity contribution in [1.82, 2.24) is 0 Å². The smallest absolute Gasteiger partial charge is 0.344 e. The third kappa shape index (κ3) is 5.55. The Labute approximate surface area is 148 Å². The molecule has 2 aromatic carbocycles. The predicted octanol–water partition coefficient (Wildman–Crippen LogP) is 3.49. The summed E-state index contributed by atoms with van der Waals surface area (Å²) >= 11 is 2.18. The number of rotatable bonds is 6. The van der Waals surface area contributed by atoms with Gasteiger partial charge in [0, 0.05) is 20.9 Å². The zero-order valence-corrected chi connectivity index (χ0v) is 14.7. The molecule has 0 aromatic heterocycles. The van der Waals surface area contributed by atoms with Gasteiger partial charge in [0.2, 0.25) is 0 Å². The van der Waals surface area contributed by atoms with Crippen LogP contribution in [0.1, 0.15) is 17.3 Å². The average Bonchev–Trinajstić information content (AvgIpc) is 2.54. The Balaban J connectivity index is 1.98. The number of halogens is 1. The molecule has 2 rings (SSSR count). The van der Waals surface area contributed by atoms with E-state index in [2.05, 4.69) is 27.9 Å². The highest BCUT2D eigenvalue weighted by Gasteiger charge is 2.07. The second-order valence-corrected chi connectivity index (χ2v) is 5.83. The zero-order valence-electron chi connectivity index (χ0n) is 12.5. The van der Waals surface area contributed by atoms with Gasteiger partial charge in [-0.15, -0.1) is 0 Å². The van der Waals surface area contributed by atoms with Crippen molar-refractivity contribution in [2.45, 2.75) is 6.92 Å². The molecule has 0 aliphatic rings. The van der Waals surface area contributed by atoms with Gasteiger partial charge in [-0.05, 0) is 65.9 Å². The van der Waals surface area contributed by atoms with Crippen LogP contribution in [0, 0.1) is 3.57 Å². The maximum atomic E-state index is 12.2. The van der Waals surface area contributed by atoms with Crippen molar-refractivity contribution >= 4 is 40.2 Å². The van der Waals surface area contributed by atoms with E-state index in [1.54, 1.807) is 43.3 Å². The molecule has 0 unspecified atom stereocenters. The lowest BCUT2D eigenvalue weighted by Crippen LogP contribution is -2.15. The fraction of sp³-hybridized carbons (Fsp3) is 0.176. The normalized spacial score (nSPS) is 10.0. The fourth-order valence-electron chi connectivity index (χ4n) is 1.81. The van der Waals surface area contributed by atoms with Crippen LogP contribution in [-0.4, -0.2) is 25.1 Å². The van der Waals surface area contributed by atoms with Gasteiger partial charge in [0.05, 0.1) is 6.61 Å². The number of esters is 1. The molecule has 23 heavy (non-hydrogen) atoms. The number of carbonyl (C=O) groups excluding carboxylic acids is 2. The quantitative estimate of drug-likeness (QED) is 0.569. The van der Waals surface area contributed by atoms with Gasteiger partial charge in [0.1, 0.15) is 5.75 Å². The van der Waals surface area contributed by atoms with Crippen LogP contribution >= 0.6 is 22.6 Å². The van der Waals surface area contributed by atoms with E-state index in [-0.39, 0.29) is 12.5 Å². The van der Waals surface area contributed by atoms with Crippen LogP contribution < -0.4 is 10.1 Å². The molecule has 1 amide bonds. The maximum Gasteiger partial charge on any atom is 0.344 e. The number of hydrogen-bond acceptors (Lipinski definition) is 4. The number of carbonyl (C=O) groups is 2. The van der Waals surface area contributed by atoms with Gasteiger partial charge in [0.15, 0.2) is 6.61 Å². The highest BCUT2D eigenvalue weighted by molar-refractivity contribution is 14.1. The summed E-state index contributed by atoms with van der Waals surface area (Å²) in [7, 11) is 0. The summed E-state index contributed by atoms with van der Waals surface area (Å²) in [5.41, 5.74) is 1.16. The van der Waals surface area contributed by atoms with E-state index in [0.717, 1.165) is 3.57 Å². The molecule has 0 bridgehead atoms. The first-order valence-corrected chi connectivity index (χ1v) is 8.11. The van der Waals surface area contributed by atoms with E-state index >= 15 is 0 Å². The Morgan fingerprint density at radius 2 is 1.87 bits per heavy atom. The summed E-state index contributed by atoms with van der Waals surface area (Å²) in [4.78, 5) is 23.4.